The molecule has 1 fully saturated rings. The van der Waals surface area contributed by atoms with Gasteiger partial charge in [0.1, 0.15) is 11.5 Å². The molecule has 0 radical (unpaired) electrons. The van der Waals surface area contributed by atoms with E-state index in [-0.39, 0.29) is 48.1 Å². The number of rotatable bonds is 9. The van der Waals surface area contributed by atoms with Crippen molar-refractivity contribution in [3.63, 3.8) is 0 Å². The fourth-order valence-corrected chi connectivity index (χ4v) is 3.91. The maximum absolute atomic E-state index is 12.8. The zero-order valence-electron chi connectivity index (χ0n) is 20.8. The highest BCUT2D eigenvalue weighted by Crippen LogP contribution is 2.25. The van der Waals surface area contributed by atoms with Gasteiger partial charge in [0.15, 0.2) is 18.1 Å². The minimum atomic E-state index is -4.79. The molecule has 1 aromatic heterocycles. The Kier molecular flexibility index (Phi) is 8.81. The maximum Gasteiger partial charge on any atom is 0.573 e. The molecule has 1 atom stereocenters. The third kappa shape index (κ3) is 8.30. The van der Waals surface area contributed by atoms with Gasteiger partial charge in [0.2, 0.25) is 0 Å². The summed E-state index contributed by atoms with van der Waals surface area (Å²) >= 11 is 0. The van der Waals surface area contributed by atoms with Gasteiger partial charge in [-0.05, 0) is 55.3 Å². The molecular weight excluding hydrogens is 517 g/mol. The van der Waals surface area contributed by atoms with E-state index < -0.39 is 12.3 Å². The molecule has 5 N–H and O–H groups in total. The molecule has 0 saturated carbocycles. The van der Waals surface area contributed by atoms with E-state index >= 15 is 0 Å². The van der Waals surface area contributed by atoms with Crippen LogP contribution in [0.4, 0.5) is 19.0 Å². The third-order valence-electron chi connectivity index (χ3n) is 5.79. The average molecular weight is 545 g/mol. The van der Waals surface area contributed by atoms with Crippen LogP contribution in [0.3, 0.4) is 0 Å². The summed E-state index contributed by atoms with van der Waals surface area (Å²) in [5.74, 6) is -0.964. The molecule has 206 valence electrons. The quantitative estimate of drug-likeness (QED) is 0.322. The zero-order chi connectivity index (χ0) is 27.8. The van der Waals surface area contributed by atoms with Crippen LogP contribution in [0.2, 0.25) is 0 Å². The summed E-state index contributed by atoms with van der Waals surface area (Å²) in [6, 6.07) is 11.9. The highest BCUT2D eigenvalue weighted by atomic mass is 19.4. The van der Waals surface area contributed by atoms with Crippen molar-refractivity contribution in [1.29, 1.82) is 0 Å². The first-order valence-electron chi connectivity index (χ1n) is 12.1. The molecule has 39 heavy (non-hydrogen) atoms. The highest BCUT2D eigenvalue weighted by molar-refractivity contribution is 5.97. The number of alkyl halides is 3. The summed E-state index contributed by atoms with van der Waals surface area (Å²) in [4.78, 5) is 33.6. The standard InChI is InChI=1S/C26H27F3N6O4/c27-26(28,29)39-20-8-6-19(7-9-20)38-15-22(36)32-12-16-3-1-4-17(11-16)21-14-33-24(30)23(35-21)25(37)34-18-5-2-10-31-13-18/h1,3-4,6-9,11,14,18,31H,2,5,10,12-13,15H2,(H2,30,33)(H,32,36)(H,34,37). The minimum absolute atomic E-state index is 0.00482. The van der Waals surface area contributed by atoms with Crippen molar-refractivity contribution in [3.8, 4) is 22.8 Å². The normalized spacial score (nSPS) is 15.3. The largest absolute Gasteiger partial charge is 0.573 e. The average Bonchev–Trinajstić information content (AvgIpc) is 2.91. The lowest BCUT2D eigenvalue weighted by atomic mass is 10.1. The predicted octanol–water partition coefficient (Wildman–Crippen LogP) is 2.80. The van der Waals surface area contributed by atoms with Gasteiger partial charge in [-0.15, -0.1) is 13.2 Å². The Labute approximate surface area is 222 Å². The number of anilines is 1. The van der Waals surface area contributed by atoms with Crippen molar-refractivity contribution in [2.24, 2.45) is 0 Å². The Morgan fingerprint density at radius 3 is 2.62 bits per heavy atom. The number of nitrogens with zero attached hydrogens (tertiary/aromatic N) is 2. The number of benzene rings is 2. The monoisotopic (exact) mass is 544 g/mol. The van der Waals surface area contributed by atoms with E-state index in [1.807, 2.05) is 0 Å². The van der Waals surface area contributed by atoms with Gasteiger partial charge in [-0.2, -0.15) is 0 Å². The number of nitrogens with one attached hydrogen (secondary N) is 3. The molecule has 4 rings (SSSR count). The lowest BCUT2D eigenvalue weighted by Gasteiger charge is -2.23. The molecule has 0 bridgehead atoms. The summed E-state index contributed by atoms with van der Waals surface area (Å²) in [7, 11) is 0. The molecule has 2 aromatic carbocycles. The molecule has 2 heterocycles. The highest BCUT2D eigenvalue weighted by Gasteiger charge is 2.31. The van der Waals surface area contributed by atoms with Crippen molar-refractivity contribution in [1.82, 2.24) is 25.9 Å². The minimum Gasteiger partial charge on any atom is -0.484 e. The molecule has 10 nitrogen and oxygen atoms in total. The number of piperidine rings is 1. The SMILES string of the molecule is Nc1ncc(-c2cccc(CNC(=O)COc3ccc(OC(F)(F)F)cc3)c2)nc1C(=O)NC1CCCNC1. The number of ether oxygens (including phenoxy) is 2. The van der Waals surface area contributed by atoms with Crippen LogP contribution in [0, 0.1) is 0 Å². The van der Waals surface area contributed by atoms with Gasteiger partial charge in [0.25, 0.3) is 11.8 Å². The van der Waals surface area contributed by atoms with Crippen molar-refractivity contribution < 1.29 is 32.2 Å². The first-order valence-corrected chi connectivity index (χ1v) is 12.1. The smallest absolute Gasteiger partial charge is 0.484 e. The van der Waals surface area contributed by atoms with Crippen molar-refractivity contribution in [3.05, 3.63) is 66.0 Å². The van der Waals surface area contributed by atoms with Crippen molar-refractivity contribution in [2.75, 3.05) is 25.4 Å². The number of carbonyl (C=O) groups excluding carboxylic acids is 2. The molecule has 0 aliphatic carbocycles. The second-order valence-electron chi connectivity index (χ2n) is 8.79. The van der Waals surface area contributed by atoms with Crippen LogP contribution in [0.5, 0.6) is 11.5 Å². The maximum atomic E-state index is 12.8. The summed E-state index contributed by atoms with van der Waals surface area (Å²) in [6.07, 6.45) is -1.47. The van der Waals surface area contributed by atoms with Crippen LogP contribution in [-0.4, -0.2) is 53.9 Å². The number of nitrogen functional groups attached to an aromatic ring is 1. The first-order chi connectivity index (χ1) is 18.7. The van der Waals surface area contributed by atoms with E-state index in [4.69, 9.17) is 10.5 Å². The molecule has 1 saturated heterocycles. The Morgan fingerprint density at radius 1 is 1.13 bits per heavy atom. The number of halogens is 3. The van der Waals surface area contributed by atoms with Gasteiger partial charge in [-0.25, -0.2) is 9.97 Å². The number of amides is 2. The summed E-state index contributed by atoms with van der Waals surface area (Å²) in [6.45, 7) is 1.45. The van der Waals surface area contributed by atoms with Crippen LogP contribution >= 0.6 is 0 Å². The van der Waals surface area contributed by atoms with E-state index in [9.17, 15) is 22.8 Å². The van der Waals surface area contributed by atoms with E-state index in [0.717, 1.165) is 37.1 Å². The number of hydrogen-bond acceptors (Lipinski definition) is 8. The Morgan fingerprint density at radius 2 is 1.90 bits per heavy atom. The molecule has 2 amide bonds. The molecule has 0 spiro atoms. The second-order valence-corrected chi connectivity index (χ2v) is 8.79. The van der Waals surface area contributed by atoms with E-state index in [1.54, 1.807) is 24.3 Å². The fourth-order valence-electron chi connectivity index (χ4n) is 3.91. The second kappa shape index (κ2) is 12.4. The molecule has 1 aliphatic rings. The van der Waals surface area contributed by atoms with Gasteiger partial charge in [-0.3, -0.25) is 9.59 Å². The van der Waals surface area contributed by atoms with Gasteiger partial charge in [0.05, 0.1) is 11.9 Å². The number of hydrogen-bond donors (Lipinski definition) is 4. The number of carbonyl (C=O) groups is 2. The van der Waals surface area contributed by atoms with E-state index in [1.165, 1.54) is 18.3 Å². The van der Waals surface area contributed by atoms with E-state index in [2.05, 4.69) is 30.7 Å². The van der Waals surface area contributed by atoms with Crippen LogP contribution in [0.1, 0.15) is 28.9 Å². The van der Waals surface area contributed by atoms with Crippen molar-refractivity contribution >= 4 is 17.6 Å². The molecule has 3 aromatic rings. The Bertz CT molecular complexity index is 1300. The van der Waals surface area contributed by atoms with Crippen LogP contribution < -0.4 is 31.2 Å². The van der Waals surface area contributed by atoms with E-state index in [0.29, 0.717) is 17.8 Å². The van der Waals surface area contributed by atoms with Crippen LogP contribution in [0.25, 0.3) is 11.3 Å². The summed E-state index contributed by atoms with van der Waals surface area (Å²) < 4.78 is 45.9. The number of aromatic nitrogens is 2. The van der Waals surface area contributed by atoms with Crippen LogP contribution in [-0.2, 0) is 11.3 Å². The van der Waals surface area contributed by atoms with Crippen LogP contribution in [0.15, 0.2) is 54.7 Å². The number of nitrogens with two attached hydrogens (primary N) is 1. The lowest BCUT2D eigenvalue weighted by Crippen LogP contribution is -2.46. The predicted molar refractivity (Wildman–Crippen MR) is 136 cm³/mol. The molecular formula is C26H27F3N6O4. The van der Waals surface area contributed by atoms with Gasteiger partial charge < -0.3 is 31.2 Å². The topological polar surface area (TPSA) is 140 Å². The molecule has 1 aliphatic heterocycles. The molecule has 1 unspecified atom stereocenters. The van der Waals surface area contributed by atoms with Gasteiger partial charge >= 0.3 is 6.36 Å². The summed E-state index contributed by atoms with van der Waals surface area (Å²) in [5.41, 5.74) is 7.86. The van der Waals surface area contributed by atoms with Gasteiger partial charge in [0, 0.05) is 24.7 Å². The van der Waals surface area contributed by atoms with Gasteiger partial charge in [-0.1, -0.05) is 18.2 Å². The first kappa shape index (κ1) is 27.6. The fraction of sp³-hybridized carbons (Fsp3) is 0.308. The molecule has 13 heteroatoms. The third-order valence-corrected chi connectivity index (χ3v) is 5.79. The Hall–Kier alpha value is -4.39. The Balaban J connectivity index is 1.32. The summed E-state index contributed by atoms with van der Waals surface area (Å²) in [5, 5.41) is 8.89. The van der Waals surface area contributed by atoms with Crippen molar-refractivity contribution in [2.45, 2.75) is 31.8 Å². The lowest BCUT2D eigenvalue weighted by molar-refractivity contribution is -0.274. The zero-order valence-corrected chi connectivity index (χ0v) is 20.8.